The van der Waals surface area contributed by atoms with Gasteiger partial charge in [-0.1, -0.05) is 12.1 Å². The molecule has 4 heteroatoms. The lowest BCUT2D eigenvalue weighted by Crippen LogP contribution is -2.13. The lowest BCUT2D eigenvalue weighted by molar-refractivity contribution is 0.102. The van der Waals surface area contributed by atoms with E-state index in [1.807, 2.05) is 32.0 Å². The number of phenols is 1. The third-order valence-corrected chi connectivity index (χ3v) is 3.14. The minimum absolute atomic E-state index is 0.0247. The van der Waals surface area contributed by atoms with Crippen molar-refractivity contribution in [3.8, 4) is 5.75 Å². The Morgan fingerprint density at radius 3 is 2.63 bits per heavy atom. The average molecular weight is 256 g/mol. The fourth-order valence-electron chi connectivity index (χ4n) is 1.78. The number of hydrogen-bond acceptors (Lipinski definition) is 3. The summed E-state index contributed by atoms with van der Waals surface area (Å²) in [5.74, 6) is -0.274. The summed E-state index contributed by atoms with van der Waals surface area (Å²) in [6.07, 6.45) is 0. The number of rotatable bonds is 2. The number of benzene rings is 2. The minimum Gasteiger partial charge on any atom is -0.506 e. The summed E-state index contributed by atoms with van der Waals surface area (Å²) >= 11 is 0. The number of aryl methyl sites for hydroxylation is 1. The van der Waals surface area contributed by atoms with Gasteiger partial charge in [0.15, 0.2) is 0 Å². The van der Waals surface area contributed by atoms with Crippen LogP contribution in [0.4, 0.5) is 11.4 Å². The second kappa shape index (κ2) is 5.02. The van der Waals surface area contributed by atoms with Crippen LogP contribution in [0.3, 0.4) is 0 Å². The zero-order valence-corrected chi connectivity index (χ0v) is 10.9. The van der Waals surface area contributed by atoms with Crippen LogP contribution in [0.25, 0.3) is 0 Å². The Morgan fingerprint density at radius 1 is 1.21 bits per heavy atom. The van der Waals surface area contributed by atoms with E-state index >= 15 is 0 Å². The van der Waals surface area contributed by atoms with Gasteiger partial charge in [-0.05, 0) is 49.2 Å². The molecule has 0 unspecified atom stereocenters. The molecule has 0 saturated carbocycles. The summed E-state index contributed by atoms with van der Waals surface area (Å²) in [5.41, 5.74) is 9.10. The largest absolute Gasteiger partial charge is 0.506 e. The van der Waals surface area contributed by atoms with E-state index in [4.69, 9.17) is 5.73 Å². The van der Waals surface area contributed by atoms with Crippen molar-refractivity contribution < 1.29 is 9.90 Å². The SMILES string of the molecule is Cc1cccc(NC(=O)c2ccc(O)c(N)c2)c1C. The molecule has 0 bridgehead atoms. The molecule has 2 aromatic carbocycles. The van der Waals surface area contributed by atoms with E-state index in [0.29, 0.717) is 5.56 Å². The van der Waals surface area contributed by atoms with E-state index in [0.717, 1.165) is 16.8 Å². The van der Waals surface area contributed by atoms with E-state index in [1.165, 1.54) is 18.2 Å². The lowest BCUT2D eigenvalue weighted by atomic mass is 10.1. The Labute approximate surface area is 111 Å². The molecule has 0 radical (unpaired) electrons. The molecule has 0 atom stereocenters. The number of carbonyl (C=O) groups excluding carboxylic acids is 1. The summed E-state index contributed by atoms with van der Waals surface area (Å²) in [6.45, 7) is 3.94. The van der Waals surface area contributed by atoms with Crippen molar-refractivity contribution in [3.63, 3.8) is 0 Å². The number of aromatic hydroxyl groups is 1. The monoisotopic (exact) mass is 256 g/mol. The first kappa shape index (κ1) is 13.0. The molecule has 0 aliphatic carbocycles. The number of nitrogens with one attached hydrogen (secondary N) is 1. The quantitative estimate of drug-likeness (QED) is 0.571. The Bertz CT molecular complexity index is 636. The number of nitrogen functional groups attached to an aromatic ring is 1. The van der Waals surface area contributed by atoms with Crippen LogP contribution in [0.1, 0.15) is 21.5 Å². The zero-order valence-electron chi connectivity index (χ0n) is 10.9. The van der Waals surface area contributed by atoms with Gasteiger partial charge in [-0.3, -0.25) is 4.79 Å². The molecule has 2 rings (SSSR count). The number of anilines is 2. The van der Waals surface area contributed by atoms with Gasteiger partial charge >= 0.3 is 0 Å². The standard InChI is InChI=1S/C15H16N2O2/c1-9-4-3-5-13(10(9)2)17-15(19)11-6-7-14(18)12(16)8-11/h3-8,18H,16H2,1-2H3,(H,17,19). The van der Waals surface area contributed by atoms with Crippen LogP contribution in [-0.4, -0.2) is 11.0 Å². The van der Waals surface area contributed by atoms with E-state index in [1.54, 1.807) is 0 Å². The summed E-state index contributed by atoms with van der Waals surface area (Å²) in [6, 6.07) is 10.1. The van der Waals surface area contributed by atoms with Gasteiger partial charge in [-0.2, -0.15) is 0 Å². The summed E-state index contributed by atoms with van der Waals surface area (Å²) in [7, 11) is 0. The molecule has 4 nitrogen and oxygen atoms in total. The first-order chi connectivity index (χ1) is 8.99. The van der Waals surface area contributed by atoms with Gasteiger partial charge in [0.25, 0.3) is 5.91 Å². The molecule has 0 aliphatic rings. The van der Waals surface area contributed by atoms with Crippen molar-refractivity contribution in [2.75, 3.05) is 11.1 Å². The molecule has 0 fully saturated rings. The molecule has 0 aromatic heterocycles. The Hall–Kier alpha value is -2.49. The maximum Gasteiger partial charge on any atom is 0.255 e. The molecule has 0 aliphatic heterocycles. The van der Waals surface area contributed by atoms with Crippen molar-refractivity contribution >= 4 is 17.3 Å². The summed E-state index contributed by atoms with van der Waals surface area (Å²) in [4.78, 5) is 12.1. The van der Waals surface area contributed by atoms with E-state index in [9.17, 15) is 9.90 Å². The Morgan fingerprint density at radius 2 is 1.95 bits per heavy atom. The van der Waals surface area contributed by atoms with Crippen LogP contribution in [0.5, 0.6) is 5.75 Å². The molecule has 1 amide bonds. The fraction of sp³-hybridized carbons (Fsp3) is 0.133. The van der Waals surface area contributed by atoms with Gasteiger partial charge in [0.05, 0.1) is 5.69 Å². The molecule has 0 heterocycles. The minimum atomic E-state index is -0.250. The van der Waals surface area contributed by atoms with Gasteiger partial charge in [0.1, 0.15) is 5.75 Å². The predicted octanol–water partition coefficient (Wildman–Crippen LogP) is 2.84. The van der Waals surface area contributed by atoms with Gasteiger partial charge in [-0.25, -0.2) is 0 Å². The van der Waals surface area contributed by atoms with Gasteiger partial charge in [0, 0.05) is 11.3 Å². The summed E-state index contributed by atoms with van der Waals surface area (Å²) < 4.78 is 0. The van der Waals surface area contributed by atoms with Crippen LogP contribution >= 0.6 is 0 Å². The van der Waals surface area contributed by atoms with E-state index in [2.05, 4.69) is 5.32 Å². The first-order valence-electron chi connectivity index (χ1n) is 5.95. The Balaban J connectivity index is 2.26. The molecule has 0 spiro atoms. The maximum absolute atomic E-state index is 12.1. The zero-order chi connectivity index (χ0) is 14.0. The van der Waals surface area contributed by atoms with E-state index in [-0.39, 0.29) is 17.3 Å². The van der Waals surface area contributed by atoms with Crippen LogP contribution in [0.15, 0.2) is 36.4 Å². The van der Waals surface area contributed by atoms with Crippen LogP contribution in [0, 0.1) is 13.8 Å². The number of nitrogens with two attached hydrogens (primary N) is 1. The van der Waals surface area contributed by atoms with Gasteiger partial charge < -0.3 is 16.2 Å². The molecule has 2 aromatic rings. The molecular weight excluding hydrogens is 240 g/mol. The van der Waals surface area contributed by atoms with Crippen LogP contribution in [0.2, 0.25) is 0 Å². The summed E-state index contributed by atoms with van der Waals surface area (Å²) in [5, 5.41) is 12.2. The highest BCUT2D eigenvalue weighted by molar-refractivity contribution is 6.05. The smallest absolute Gasteiger partial charge is 0.255 e. The predicted molar refractivity (Wildman–Crippen MR) is 76.4 cm³/mol. The maximum atomic E-state index is 12.1. The molecular formula is C15H16N2O2. The number of phenolic OH excluding ortho intramolecular Hbond substituents is 1. The normalized spacial score (nSPS) is 10.2. The van der Waals surface area contributed by atoms with Crippen LogP contribution < -0.4 is 11.1 Å². The highest BCUT2D eigenvalue weighted by atomic mass is 16.3. The third-order valence-electron chi connectivity index (χ3n) is 3.14. The molecule has 0 saturated heterocycles. The number of carbonyl (C=O) groups is 1. The highest BCUT2D eigenvalue weighted by Crippen LogP contribution is 2.22. The molecule has 4 N–H and O–H groups in total. The van der Waals surface area contributed by atoms with Crippen molar-refractivity contribution in [2.24, 2.45) is 0 Å². The first-order valence-corrected chi connectivity index (χ1v) is 5.95. The average Bonchev–Trinajstić information content (AvgIpc) is 2.38. The van der Waals surface area contributed by atoms with Crippen molar-refractivity contribution in [2.45, 2.75) is 13.8 Å². The Kier molecular flexibility index (Phi) is 3.42. The fourth-order valence-corrected chi connectivity index (χ4v) is 1.78. The van der Waals surface area contributed by atoms with Crippen molar-refractivity contribution in [1.29, 1.82) is 0 Å². The lowest BCUT2D eigenvalue weighted by Gasteiger charge is -2.10. The highest BCUT2D eigenvalue weighted by Gasteiger charge is 2.10. The second-order valence-corrected chi connectivity index (χ2v) is 4.48. The van der Waals surface area contributed by atoms with Crippen LogP contribution in [-0.2, 0) is 0 Å². The van der Waals surface area contributed by atoms with E-state index < -0.39 is 0 Å². The van der Waals surface area contributed by atoms with Crippen molar-refractivity contribution in [1.82, 2.24) is 0 Å². The third kappa shape index (κ3) is 2.68. The second-order valence-electron chi connectivity index (χ2n) is 4.48. The number of hydrogen-bond donors (Lipinski definition) is 3. The number of amides is 1. The van der Waals surface area contributed by atoms with Gasteiger partial charge in [-0.15, -0.1) is 0 Å². The molecule has 98 valence electrons. The van der Waals surface area contributed by atoms with Crippen molar-refractivity contribution in [3.05, 3.63) is 53.1 Å². The molecule has 19 heavy (non-hydrogen) atoms. The van der Waals surface area contributed by atoms with Gasteiger partial charge in [0.2, 0.25) is 0 Å². The topological polar surface area (TPSA) is 75.3 Å².